The zero-order valence-corrected chi connectivity index (χ0v) is 17.9. The molecule has 0 aliphatic heterocycles. The van der Waals surface area contributed by atoms with Crippen molar-refractivity contribution < 1.29 is 19.4 Å². The highest BCUT2D eigenvalue weighted by molar-refractivity contribution is 9.10. The Labute approximate surface area is 183 Å². The molecule has 6 nitrogen and oxygen atoms in total. The molecule has 0 fully saturated rings. The number of carbonyl (C=O) groups excluding carboxylic acids is 1. The van der Waals surface area contributed by atoms with Gasteiger partial charge in [-0.2, -0.15) is 5.10 Å². The minimum absolute atomic E-state index is 0.105. The number of aromatic hydroxyl groups is 1. The number of para-hydroxylation sites is 1. The SMILES string of the molecule is CCOc1cc(/C=N\NC(=O)c2ccccc2O)cc(Br)c1OCc1ccccc1. The fourth-order valence-electron chi connectivity index (χ4n) is 2.69. The highest BCUT2D eigenvalue weighted by Gasteiger charge is 2.13. The van der Waals surface area contributed by atoms with Gasteiger partial charge in [-0.15, -0.1) is 0 Å². The summed E-state index contributed by atoms with van der Waals surface area (Å²) < 4.78 is 12.4. The summed E-state index contributed by atoms with van der Waals surface area (Å²) in [7, 11) is 0. The Morgan fingerprint density at radius 3 is 2.57 bits per heavy atom. The van der Waals surface area contributed by atoms with Gasteiger partial charge in [0.25, 0.3) is 5.91 Å². The van der Waals surface area contributed by atoms with Gasteiger partial charge >= 0.3 is 0 Å². The van der Waals surface area contributed by atoms with Gasteiger partial charge in [-0.1, -0.05) is 42.5 Å². The monoisotopic (exact) mass is 468 g/mol. The minimum Gasteiger partial charge on any atom is -0.507 e. The zero-order chi connectivity index (χ0) is 21.3. The first-order valence-electron chi connectivity index (χ1n) is 9.33. The van der Waals surface area contributed by atoms with E-state index in [-0.39, 0.29) is 11.3 Å². The topological polar surface area (TPSA) is 80.2 Å². The summed E-state index contributed by atoms with van der Waals surface area (Å²) in [6.45, 7) is 2.77. The van der Waals surface area contributed by atoms with Crippen LogP contribution in [0, 0.1) is 0 Å². The van der Waals surface area contributed by atoms with E-state index in [4.69, 9.17) is 9.47 Å². The average Bonchev–Trinajstić information content (AvgIpc) is 2.74. The molecule has 0 atom stereocenters. The van der Waals surface area contributed by atoms with Crippen LogP contribution in [0.1, 0.15) is 28.4 Å². The number of halogens is 1. The van der Waals surface area contributed by atoms with Crippen LogP contribution in [-0.4, -0.2) is 23.8 Å². The summed E-state index contributed by atoms with van der Waals surface area (Å²) in [5, 5.41) is 13.7. The molecule has 0 radical (unpaired) electrons. The Morgan fingerprint density at radius 2 is 1.83 bits per heavy atom. The molecule has 154 valence electrons. The van der Waals surface area contributed by atoms with Crippen molar-refractivity contribution in [2.75, 3.05) is 6.61 Å². The largest absolute Gasteiger partial charge is 0.507 e. The van der Waals surface area contributed by atoms with Gasteiger partial charge < -0.3 is 14.6 Å². The van der Waals surface area contributed by atoms with Gasteiger partial charge in [-0.3, -0.25) is 4.79 Å². The predicted octanol–water partition coefficient (Wildman–Crippen LogP) is 4.90. The maximum atomic E-state index is 12.1. The van der Waals surface area contributed by atoms with Gasteiger partial charge in [0, 0.05) is 0 Å². The second-order valence-electron chi connectivity index (χ2n) is 6.25. The number of hydrogen-bond donors (Lipinski definition) is 2. The van der Waals surface area contributed by atoms with Crippen LogP contribution in [0.4, 0.5) is 0 Å². The van der Waals surface area contributed by atoms with Gasteiger partial charge in [-0.05, 0) is 58.2 Å². The number of hydrazone groups is 1. The Balaban J connectivity index is 1.73. The summed E-state index contributed by atoms with van der Waals surface area (Å²) in [5.74, 6) is 0.551. The highest BCUT2D eigenvalue weighted by atomic mass is 79.9. The fourth-order valence-corrected chi connectivity index (χ4v) is 3.26. The number of amides is 1. The van der Waals surface area contributed by atoms with Gasteiger partial charge in [0.1, 0.15) is 12.4 Å². The standard InChI is InChI=1S/C23H21BrN2O4/c1-2-29-21-13-17(14-25-26-23(28)18-10-6-7-11-20(18)27)12-19(24)22(21)30-15-16-8-4-3-5-9-16/h3-14,27H,2,15H2,1H3,(H,26,28)/b25-14-. The second kappa shape index (κ2) is 10.5. The van der Waals surface area contributed by atoms with Crippen molar-refractivity contribution in [2.45, 2.75) is 13.5 Å². The Bertz CT molecular complexity index is 1040. The van der Waals surface area contributed by atoms with Crippen LogP contribution in [0.3, 0.4) is 0 Å². The molecule has 0 aromatic heterocycles. The predicted molar refractivity (Wildman–Crippen MR) is 119 cm³/mol. The van der Waals surface area contributed by atoms with Crippen molar-refractivity contribution in [3.63, 3.8) is 0 Å². The van der Waals surface area contributed by atoms with E-state index in [0.717, 1.165) is 5.56 Å². The van der Waals surface area contributed by atoms with E-state index in [0.29, 0.717) is 34.7 Å². The van der Waals surface area contributed by atoms with Crippen LogP contribution >= 0.6 is 15.9 Å². The average molecular weight is 469 g/mol. The summed E-state index contributed by atoms with van der Waals surface area (Å²) in [6, 6.07) is 19.7. The first-order valence-corrected chi connectivity index (χ1v) is 10.1. The van der Waals surface area contributed by atoms with Crippen molar-refractivity contribution in [3.05, 3.63) is 87.9 Å². The normalized spacial score (nSPS) is 10.7. The quantitative estimate of drug-likeness (QED) is 0.364. The highest BCUT2D eigenvalue weighted by Crippen LogP contribution is 2.37. The van der Waals surface area contributed by atoms with E-state index < -0.39 is 5.91 Å². The summed E-state index contributed by atoms with van der Waals surface area (Å²) in [5.41, 5.74) is 4.30. The lowest BCUT2D eigenvalue weighted by Gasteiger charge is -2.14. The van der Waals surface area contributed by atoms with Crippen molar-refractivity contribution in [1.29, 1.82) is 0 Å². The zero-order valence-electron chi connectivity index (χ0n) is 16.3. The second-order valence-corrected chi connectivity index (χ2v) is 7.11. The third-order valence-electron chi connectivity index (χ3n) is 4.09. The minimum atomic E-state index is -0.503. The van der Waals surface area contributed by atoms with Gasteiger partial charge in [0.2, 0.25) is 0 Å². The van der Waals surface area contributed by atoms with Crippen molar-refractivity contribution in [2.24, 2.45) is 5.10 Å². The molecular formula is C23H21BrN2O4. The third kappa shape index (κ3) is 5.61. The number of hydrogen-bond acceptors (Lipinski definition) is 5. The van der Waals surface area contributed by atoms with E-state index in [1.54, 1.807) is 18.2 Å². The number of ether oxygens (including phenoxy) is 2. The third-order valence-corrected chi connectivity index (χ3v) is 4.68. The Kier molecular flexibility index (Phi) is 7.45. The van der Waals surface area contributed by atoms with Crippen molar-refractivity contribution in [3.8, 4) is 17.2 Å². The molecule has 3 aromatic carbocycles. The molecule has 3 rings (SSSR count). The number of nitrogens with zero attached hydrogens (tertiary/aromatic N) is 1. The van der Waals surface area contributed by atoms with E-state index in [1.807, 2.05) is 43.3 Å². The summed E-state index contributed by atoms with van der Waals surface area (Å²) >= 11 is 3.52. The van der Waals surface area contributed by atoms with Crippen LogP contribution in [0.25, 0.3) is 0 Å². The summed E-state index contributed by atoms with van der Waals surface area (Å²) in [4.78, 5) is 12.1. The number of nitrogens with one attached hydrogen (secondary N) is 1. The lowest BCUT2D eigenvalue weighted by molar-refractivity contribution is 0.0952. The van der Waals surface area contributed by atoms with Crippen LogP contribution < -0.4 is 14.9 Å². The molecule has 0 saturated heterocycles. The molecular weight excluding hydrogens is 448 g/mol. The fraction of sp³-hybridized carbons (Fsp3) is 0.130. The van der Waals surface area contributed by atoms with Crippen molar-refractivity contribution in [1.82, 2.24) is 5.43 Å². The molecule has 0 aliphatic carbocycles. The van der Waals surface area contributed by atoms with Gasteiger partial charge in [-0.25, -0.2) is 5.43 Å². The molecule has 0 unspecified atom stereocenters. The smallest absolute Gasteiger partial charge is 0.275 e. The summed E-state index contributed by atoms with van der Waals surface area (Å²) in [6.07, 6.45) is 1.49. The molecule has 0 heterocycles. The molecule has 1 amide bonds. The first kappa shape index (κ1) is 21.4. The number of carbonyl (C=O) groups is 1. The van der Waals surface area contributed by atoms with E-state index in [9.17, 15) is 9.90 Å². The van der Waals surface area contributed by atoms with Crippen molar-refractivity contribution >= 4 is 28.1 Å². The molecule has 0 bridgehead atoms. The number of benzene rings is 3. The molecule has 3 aromatic rings. The molecule has 0 saturated carbocycles. The molecule has 7 heteroatoms. The van der Waals surface area contributed by atoms with E-state index in [1.165, 1.54) is 18.3 Å². The van der Waals surface area contributed by atoms with Crippen LogP contribution in [0.2, 0.25) is 0 Å². The maximum Gasteiger partial charge on any atom is 0.275 e. The van der Waals surface area contributed by atoms with Crippen LogP contribution in [-0.2, 0) is 6.61 Å². The molecule has 0 aliphatic rings. The molecule has 0 spiro atoms. The Morgan fingerprint density at radius 1 is 1.10 bits per heavy atom. The van der Waals surface area contributed by atoms with Crippen LogP contribution in [0.15, 0.2) is 76.3 Å². The lowest BCUT2D eigenvalue weighted by atomic mass is 10.2. The number of phenols is 1. The number of rotatable bonds is 8. The van der Waals surface area contributed by atoms with E-state index >= 15 is 0 Å². The number of phenolic OH excluding ortho intramolecular Hbond substituents is 1. The lowest BCUT2D eigenvalue weighted by Crippen LogP contribution is -2.17. The van der Waals surface area contributed by atoms with E-state index in [2.05, 4.69) is 26.5 Å². The maximum absolute atomic E-state index is 12.1. The van der Waals surface area contributed by atoms with Crippen LogP contribution in [0.5, 0.6) is 17.2 Å². The Hall–Kier alpha value is -3.32. The van der Waals surface area contributed by atoms with Gasteiger partial charge in [0.05, 0.1) is 22.9 Å². The molecule has 2 N–H and O–H groups in total. The first-order chi connectivity index (χ1) is 14.6. The van der Waals surface area contributed by atoms with Gasteiger partial charge in [0.15, 0.2) is 11.5 Å². The molecule has 30 heavy (non-hydrogen) atoms.